The number of primary amides is 1. The molecular formula is C16H24N2O3. The number of likely N-dealkylation sites (tertiary alicyclic amines) is 1. The predicted molar refractivity (Wildman–Crippen MR) is 81.5 cm³/mol. The van der Waals surface area contributed by atoms with E-state index in [1.807, 2.05) is 0 Å². The van der Waals surface area contributed by atoms with Crippen molar-refractivity contribution in [2.45, 2.75) is 12.8 Å². The lowest BCUT2D eigenvalue weighted by Crippen LogP contribution is -2.24. The van der Waals surface area contributed by atoms with Gasteiger partial charge in [-0.25, -0.2) is 0 Å². The van der Waals surface area contributed by atoms with Gasteiger partial charge in [0.1, 0.15) is 5.75 Å². The van der Waals surface area contributed by atoms with Crippen molar-refractivity contribution < 1.29 is 14.3 Å². The lowest BCUT2D eigenvalue weighted by atomic mass is 10.1. The van der Waals surface area contributed by atoms with E-state index in [9.17, 15) is 4.79 Å². The third-order valence-corrected chi connectivity index (χ3v) is 3.80. The van der Waals surface area contributed by atoms with E-state index in [1.165, 1.54) is 6.42 Å². The summed E-state index contributed by atoms with van der Waals surface area (Å²) < 4.78 is 10.9. The molecule has 21 heavy (non-hydrogen) atoms. The molecule has 0 bridgehead atoms. The highest BCUT2D eigenvalue weighted by molar-refractivity contribution is 5.92. The van der Waals surface area contributed by atoms with Crippen LogP contribution in [0.15, 0.2) is 24.3 Å². The van der Waals surface area contributed by atoms with Gasteiger partial charge in [-0.15, -0.1) is 0 Å². The molecule has 1 saturated heterocycles. The maximum atomic E-state index is 11.0. The van der Waals surface area contributed by atoms with Crippen molar-refractivity contribution in [1.29, 1.82) is 0 Å². The lowest BCUT2D eigenvalue weighted by Gasteiger charge is -2.16. The lowest BCUT2D eigenvalue weighted by molar-refractivity contribution is 0.100. The smallest absolute Gasteiger partial charge is 0.248 e. The standard InChI is InChI=1S/C16H24N2O3/c1-20-12-13-7-9-18(11-13)8-2-10-21-15-5-3-14(4-6-15)16(17)19/h3-6,13H,2,7-12H2,1H3,(H2,17,19). The second-order valence-corrected chi connectivity index (χ2v) is 5.50. The first-order valence-corrected chi connectivity index (χ1v) is 7.43. The van der Waals surface area contributed by atoms with E-state index in [0.717, 1.165) is 38.4 Å². The monoisotopic (exact) mass is 292 g/mol. The van der Waals surface area contributed by atoms with Gasteiger partial charge in [0.25, 0.3) is 0 Å². The van der Waals surface area contributed by atoms with Crippen LogP contribution in [0.3, 0.4) is 0 Å². The second kappa shape index (κ2) is 8.00. The number of hydrogen-bond acceptors (Lipinski definition) is 4. The number of methoxy groups -OCH3 is 1. The summed E-state index contributed by atoms with van der Waals surface area (Å²) in [4.78, 5) is 13.4. The van der Waals surface area contributed by atoms with Gasteiger partial charge in [-0.1, -0.05) is 0 Å². The molecule has 1 aliphatic rings. The van der Waals surface area contributed by atoms with E-state index in [1.54, 1.807) is 31.4 Å². The Morgan fingerprint density at radius 3 is 2.81 bits per heavy atom. The summed E-state index contributed by atoms with van der Waals surface area (Å²) >= 11 is 0. The van der Waals surface area contributed by atoms with Crippen LogP contribution in [0.25, 0.3) is 0 Å². The van der Waals surface area contributed by atoms with Crippen molar-refractivity contribution in [3.8, 4) is 5.75 Å². The molecule has 2 N–H and O–H groups in total. The number of rotatable bonds is 8. The third kappa shape index (κ3) is 5.02. The maximum absolute atomic E-state index is 11.0. The molecule has 1 atom stereocenters. The predicted octanol–water partition coefficient (Wildman–Crippen LogP) is 1.52. The zero-order valence-electron chi connectivity index (χ0n) is 12.6. The number of nitrogens with two attached hydrogens (primary N) is 1. The summed E-state index contributed by atoms with van der Waals surface area (Å²) in [5.74, 6) is 1.04. The van der Waals surface area contributed by atoms with Crippen LogP contribution in [0.4, 0.5) is 0 Å². The van der Waals surface area contributed by atoms with Crippen LogP contribution in [-0.2, 0) is 4.74 Å². The molecule has 0 radical (unpaired) electrons. The van der Waals surface area contributed by atoms with Gasteiger partial charge in [0.15, 0.2) is 0 Å². The van der Waals surface area contributed by atoms with E-state index in [-0.39, 0.29) is 0 Å². The Hall–Kier alpha value is -1.59. The first kappa shape index (κ1) is 15.8. The summed E-state index contributed by atoms with van der Waals surface area (Å²) in [6.45, 7) is 4.88. The minimum absolute atomic E-state index is 0.416. The Bertz CT molecular complexity index is 447. The number of nitrogens with zero attached hydrogens (tertiary/aromatic N) is 1. The van der Waals surface area contributed by atoms with E-state index >= 15 is 0 Å². The number of benzene rings is 1. The van der Waals surface area contributed by atoms with Gasteiger partial charge in [0.2, 0.25) is 5.91 Å². The van der Waals surface area contributed by atoms with Gasteiger partial charge in [-0.05, 0) is 49.6 Å². The SMILES string of the molecule is COCC1CCN(CCCOc2ccc(C(N)=O)cc2)C1. The largest absolute Gasteiger partial charge is 0.494 e. The molecule has 1 heterocycles. The van der Waals surface area contributed by atoms with Gasteiger partial charge in [-0.3, -0.25) is 4.79 Å². The molecule has 2 rings (SSSR count). The molecule has 1 amide bonds. The van der Waals surface area contributed by atoms with Crippen LogP contribution in [-0.4, -0.2) is 50.8 Å². The summed E-state index contributed by atoms with van der Waals surface area (Å²) in [6, 6.07) is 6.94. The summed E-state index contributed by atoms with van der Waals surface area (Å²) in [5.41, 5.74) is 5.70. The molecule has 0 spiro atoms. The molecule has 5 heteroatoms. The molecular weight excluding hydrogens is 268 g/mol. The summed E-state index contributed by atoms with van der Waals surface area (Å²) in [5, 5.41) is 0. The van der Waals surface area contributed by atoms with E-state index in [2.05, 4.69) is 4.90 Å². The van der Waals surface area contributed by atoms with E-state index in [4.69, 9.17) is 15.2 Å². The minimum atomic E-state index is -0.416. The van der Waals surface area contributed by atoms with Gasteiger partial charge in [-0.2, -0.15) is 0 Å². The van der Waals surface area contributed by atoms with Crippen molar-refractivity contribution in [3.63, 3.8) is 0 Å². The Kier molecular flexibility index (Phi) is 6.02. The van der Waals surface area contributed by atoms with Crippen molar-refractivity contribution in [1.82, 2.24) is 4.90 Å². The maximum Gasteiger partial charge on any atom is 0.248 e. The number of ether oxygens (including phenoxy) is 2. The quantitative estimate of drug-likeness (QED) is 0.738. The van der Waals surface area contributed by atoms with Gasteiger partial charge in [0, 0.05) is 25.8 Å². The number of hydrogen-bond donors (Lipinski definition) is 1. The Labute approximate surface area is 126 Å². The highest BCUT2D eigenvalue weighted by Crippen LogP contribution is 2.17. The Balaban J connectivity index is 1.62. The zero-order chi connectivity index (χ0) is 15.1. The molecule has 116 valence electrons. The summed E-state index contributed by atoms with van der Waals surface area (Å²) in [6.07, 6.45) is 2.22. The van der Waals surface area contributed by atoms with Crippen molar-refractivity contribution in [3.05, 3.63) is 29.8 Å². The van der Waals surface area contributed by atoms with Crippen LogP contribution in [0.2, 0.25) is 0 Å². The van der Waals surface area contributed by atoms with Crippen LogP contribution in [0.1, 0.15) is 23.2 Å². The van der Waals surface area contributed by atoms with Crippen molar-refractivity contribution in [2.75, 3.05) is 40.0 Å². The fraction of sp³-hybridized carbons (Fsp3) is 0.562. The fourth-order valence-electron chi connectivity index (χ4n) is 2.68. The van der Waals surface area contributed by atoms with Crippen LogP contribution < -0.4 is 10.5 Å². The summed E-state index contributed by atoms with van der Waals surface area (Å²) in [7, 11) is 1.76. The van der Waals surface area contributed by atoms with E-state index < -0.39 is 5.91 Å². The minimum Gasteiger partial charge on any atom is -0.494 e. The average Bonchev–Trinajstić information content (AvgIpc) is 2.92. The topological polar surface area (TPSA) is 64.8 Å². The Morgan fingerprint density at radius 2 is 2.14 bits per heavy atom. The second-order valence-electron chi connectivity index (χ2n) is 5.50. The van der Waals surface area contributed by atoms with Crippen LogP contribution in [0.5, 0.6) is 5.75 Å². The number of carbonyl (C=O) groups is 1. The highest BCUT2D eigenvalue weighted by atomic mass is 16.5. The van der Waals surface area contributed by atoms with Crippen LogP contribution in [0, 0.1) is 5.92 Å². The number of amides is 1. The van der Waals surface area contributed by atoms with Gasteiger partial charge >= 0.3 is 0 Å². The third-order valence-electron chi connectivity index (χ3n) is 3.80. The van der Waals surface area contributed by atoms with Gasteiger partial charge < -0.3 is 20.1 Å². The normalized spacial score (nSPS) is 18.8. The molecule has 1 fully saturated rings. The zero-order valence-corrected chi connectivity index (χ0v) is 12.6. The molecule has 0 saturated carbocycles. The first-order chi connectivity index (χ1) is 10.2. The first-order valence-electron chi connectivity index (χ1n) is 7.43. The highest BCUT2D eigenvalue weighted by Gasteiger charge is 2.21. The van der Waals surface area contributed by atoms with Crippen LogP contribution >= 0.6 is 0 Å². The molecule has 5 nitrogen and oxygen atoms in total. The Morgan fingerprint density at radius 1 is 1.38 bits per heavy atom. The molecule has 1 aromatic carbocycles. The van der Waals surface area contributed by atoms with E-state index in [0.29, 0.717) is 18.1 Å². The molecule has 1 aliphatic heterocycles. The molecule has 1 unspecified atom stereocenters. The average molecular weight is 292 g/mol. The fourth-order valence-corrected chi connectivity index (χ4v) is 2.68. The number of carbonyl (C=O) groups excluding carboxylic acids is 1. The molecule has 1 aromatic rings. The molecule has 0 aliphatic carbocycles. The van der Waals surface area contributed by atoms with Crippen molar-refractivity contribution >= 4 is 5.91 Å². The van der Waals surface area contributed by atoms with Gasteiger partial charge in [0.05, 0.1) is 13.2 Å². The van der Waals surface area contributed by atoms with Crippen molar-refractivity contribution in [2.24, 2.45) is 11.7 Å². The molecule has 0 aromatic heterocycles.